The highest BCUT2D eigenvalue weighted by Crippen LogP contribution is 2.41. The second kappa shape index (κ2) is 11.5. The molecular formula is C33H41NO5Si. The monoisotopic (exact) mass is 559 g/mol. The van der Waals surface area contributed by atoms with Crippen LogP contribution in [0, 0.1) is 0 Å². The third-order valence-electron chi connectivity index (χ3n) is 7.99. The number of carbonyl (C=O) groups is 1. The van der Waals surface area contributed by atoms with Gasteiger partial charge in [-0.05, 0) is 41.2 Å². The molecule has 1 amide bonds. The molecule has 40 heavy (non-hydrogen) atoms. The SMILES string of the molecule is CC1(C)OC[C@@H]([C@@H]2[C@H](O[Si](c3ccccc3)(c3ccccc3)C(C)(C)C)CCN2C(=O)OCc2ccccc2)O1. The fraction of sp³-hybridized carbons (Fsp3) is 0.424. The first-order valence-corrected chi connectivity index (χ1v) is 16.1. The predicted octanol–water partition coefficient (Wildman–Crippen LogP) is 5.49. The Morgan fingerprint density at radius 3 is 1.98 bits per heavy atom. The molecule has 2 heterocycles. The summed E-state index contributed by atoms with van der Waals surface area (Å²) >= 11 is 0. The van der Waals surface area contributed by atoms with Crippen molar-refractivity contribution in [2.75, 3.05) is 13.2 Å². The van der Waals surface area contributed by atoms with E-state index < -0.39 is 14.1 Å². The fourth-order valence-corrected chi connectivity index (χ4v) is 10.9. The van der Waals surface area contributed by atoms with Gasteiger partial charge in [0.25, 0.3) is 8.32 Å². The quantitative estimate of drug-likeness (QED) is 0.358. The van der Waals surface area contributed by atoms with E-state index in [-0.39, 0.29) is 36.0 Å². The van der Waals surface area contributed by atoms with Crippen molar-refractivity contribution in [3.63, 3.8) is 0 Å². The summed E-state index contributed by atoms with van der Waals surface area (Å²) in [4.78, 5) is 15.4. The van der Waals surface area contributed by atoms with Gasteiger partial charge in [0.2, 0.25) is 0 Å². The maximum Gasteiger partial charge on any atom is 0.410 e. The van der Waals surface area contributed by atoms with E-state index in [1.807, 2.05) is 56.3 Å². The first-order valence-electron chi connectivity index (χ1n) is 14.2. The normalized spacial score (nSPS) is 22.8. The van der Waals surface area contributed by atoms with Gasteiger partial charge in [-0.3, -0.25) is 4.90 Å². The molecule has 2 fully saturated rings. The van der Waals surface area contributed by atoms with Crippen molar-refractivity contribution in [3.05, 3.63) is 96.6 Å². The van der Waals surface area contributed by atoms with Gasteiger partial charge in [-0.15, -0.1) is 0 Å². The highest BCUT2D eigenvalue weighted by atomic mass is 28.4. The van der Waals surface area contributed by atoms with Crippen molar-refractivity contribution in [2.24, 2.45) is 0 Å². The van der Waals surface area contributed by atoms with E-state index in [2.05, 4.69) is 69.3 Å². The largest absolute Gasteiger partial charge is 0.445 e. The molecule has 2 aliphatic rings. The van der Waals surface area contributed by atoms with Crippen molar-refractivity contribution < 1.29 is 23.4 Å². The number of hydrogen-bond acceptors (Lipinski definition) is 5. The van der Waals surface area contributed by atoms with E-state index in [1.54, 1.807) is 4.90 Å². The molecule has 7 heteroatoms. The number of amides is 1. The minimum atomic E-state index is -2.85. The van der Waals surface area contributed by atoms with E-state index >= 15 is 0 Å². The van der Waals surface area contributed by atoms with Crippen LogP contribution >= 0.6 is 0 Å². The Hall–Kier alpha value is -2.97. The minimum Gasteiger partial charge on any atom is -0.445 e. The zero-order chi connectivity index (χ0) is 28.4. The van der Waals surface area contributed by atoms with Gasteiger partial charge in [-0.25, -0.2) is 4.79 Å². The van der Waals surface area contributed by atoms with Crippen LogP contribution in [-0.4, -0.2) is 56.5 Å². The van der Waals surface area contributed by atoms with Crippen LogP contribution < -0.4 is 10.4 Å². The van der Waals surface area contributed by atoms with Gasteiger partial charge in [0.1, 0.15) is 12.7 Å². The third-order valence-corrected chi connectivity index (χ3v) is 13.1. The second-order valence-corrected chi connectivity index (χ2v) is 16.5. The Morgan fingerprint density at radius 2 is 1.48 bits per heavy atom. The van der Waals surface area contributed by atoms with Gasteiger partial charge in [0, 0.05) is 6.54 Å². The van der Waals surface area contributed by atoms with E-state index in [1.165, 1.54) is 10.4 Å². The highest BCUT2D eigenvalue weighted by molar-refractivity contribution is 6.99. The van der Waals surface area contributed by atoms with Gasteiger partial charge < -0.3 is 18.6 Å². The number of hydrogen-bond donors (Lipinski definition) is 0. The molecule has 0 aliphatic carbocycles. The van der Waals surface area contributed by atoms with Crippen LogP contribution in [0.2, 0.25) is 5.04 Å². The lowest BCUT2D eigenvalue weighted by molar-refractivity contribution is -0.147. The van der Waals surface area contributed by atoms with Crippen molar-refractivity contribution in [3.8, 4) is 0 Å². The molecule has 0 saturated carbocycles. The first-order chi connectivity index (χ1) is 19.1. The molecule has 0 aromatic heterocycles. The van der Waals surface area contributed by atoms with Crippen LogP contribution in [-0.2, 0) is 25.2 Å². The van der Waals surface area contributed by atoms with Crippen LogP contribution in [0.15, 0.2) is 91.0 Å². The Morgan fingerprint density at radius 1 is 0.925 bits per heavy atom. The second-order valence-electron chi connectivity index (χ2n) is 12.2. The van der Waals surface area contributed by atoms with Crippen molar-refractivity contribution in [1.29, 1.82) is 0 Å². The highest BCUT2D eigenvalue weighted by Gasteiger charge is 2.56. The summed E-state index contributed by atoms with van der Waals surface area (Å²) in [5.41, 5.74) is 0.952. The predicted molar refractivity (Wildman–Crippen MR) is 159 cm³/mol. The molecule has 3 aromatic carbocycles. The third kappa shape index (κ3) is 5.74. The minimum absolute atomic E-state index is 0.187. The molecular weight excluding hydrogens is 518 g/mol. The molecule has 212 valence electrons. The van der Waals surface area contributed by atoms with Crippen molar-refractivity contribution >= 4 is 24.8 Å². The van der Waals surface area contributed by atoms with Crippen LogP contribution in [0.4, 0.5) is 4.79 Å². The topological polar surface area (TPSA) is 57.2 Å². The lowest BCUT2D eigenvalue weighted by atomic mass is 10.1. The van der Waals surface area contributed by atoms with E-state index in [0.29, 0.717) is 19.6 Å². The summed E-state index contributed by atoms with van der Waals surface area (Å²) in [5, 5.41) is 2.23. The summed E-state index contributed by atoms with van der Waals surface area (Å²) in [6.07, 6.45) is -0.241. The molecule has 0 spiro atoms. The van der Waals surface area contributed by atoms with E-state index in [4.69, 9.17) is 18.6 Å². The lowest BCUT2D eigenvalue weighted by Crippen LogP contribution is -2.69. The van der Waals surface area contributed by atoms with Gasteiger partial charge in [-0.2, -0.15) is 0 Å². The number of rotatable bonds is 7. The van der Waals surface area contributed by atoms with E-state index in [0.717, 1.165) is 5.56 Å². The average Bonchev–Trinajstić information content (AvgIpc) is 3.53. The van der Waals surface area contributed by atoms with Gasteiger partial charge in [0.05, 0.1) is 18.8 Å². The zero-order valence-electron chi connectivity index (χ0n) is 24.2. The molecule has 3 aromatic rings. The molecule has 0 radical (unpaired) electrons. The van der Waals surface area contributed by atoms with Crippen molar-refractivity contribution in [2.45, 2.75) is 76.7 Å². The first kappa shape index (κ1) is 28.6. The number of nitrogens with zero attached hydrogens (tertiary/aromatic N) is 1. The van der Waals surface area contributed by atoms with Crippen LogP contribution in [0.1, 0.15) is 46.6 Å². The number of benzene rings is 3. The number of carbonyl (C=O) groups excluding carboxylic acids is 1. The van der Waals surface area contributed by atoms with Gasteiger partial charge in [-0.1, -0.05) is 112 Å². The van der Waals surface area contributed by atoms with Crippen molar-refractivity contribution in [1.82, 2.24) is 4.90 Å². The molecule has 6 nitrogen and oxygen atoms in total. The molecule has 2 aliphatic heterocycles. The molecule has 5 rings (SSSR count). The van der Waals surface area contributed by atoms with Crippen LogP contribution in [0.25, 0.3) is 0 Å². The molecule has 0 unspecified atom stereocenters. The number of ether oxygens (including phenoxy) is 3. The smallest absolute Gasteiger partial charge is 0.410 e. The lowest BCUT2D eigenvalue weighted by Gasteiger charge is -2.46. The number of likely N-dealkylation sites (tertiary alicyclic amines) is 1. The van der Waals surface area contributed by atoms with Crippen LogP contribution in [0.5, 0.6) is 0 Å². The molecule has 0 N–H and O–H groups in total. The molecule has 2 saturated heterocycles. The average molecular weight is 560 g/mol. The Bertz CT molecular complexity index is 1220. The Kier molecular flexibility index (Phi) is 8.20. The zero-order valence-corrected chi connectivity index (χ0v) is 25.2. The summed E-state index contributed by atoms with van der Waals surface area (Å²) in [5.74, 6) is -0.727. The fourth-order valence-electron chi connectivity index (χ4n) is 6.17. The maximum atomic E-state index is 13.6. The summed E-state index contributed by atoms with van der Waals surface area (Å²) in [6, 6.07) is 30.6. The Labute approximate surface area is 239 Å². The standard InChI is InChI=1S/C33H41NO5Si/c1-32(2,3)40(26-17-11-7-12-18-26,27-19-13-8-14-20-27)39-28-21-22-34(30(28)29-24-37-33(4,5)38-29)31(35)36-23-25-15-9-6-10-16-25/h6-20,28-30H,21-24H2,1-5H3/t28-,29+,30+/m1/s1. The Balaban J connectivity index is 1.51. The summed E-state index contributed by atoms with van der Waals surface area (Å²) in [7, 11) is -2.85. The molecule has 3 atom stereocenters. The summed E-state index contributed by atoms with van der Waals surface area (Å²) < 4.78 is 25.7. The van der Waals surface area contributed by atoms with E-state index in [9.17, 15) is 4.79 Å². The molecule has 0 bridgehead atoms. The maximum absolute atomic E-state index is 13.6. The van der Waals surface area contributed by atoms with Gasteiger partial charge >= 0.3 is 6.09 Å². The van der Waals surface area contributed by atoms with Gasteiger partial charge in [0.15, 0.2) is 5.79 Å². The van der Waals surface area contributed by atoms with Crippen LogP contribution in [0.3, 0.4) is 0 Å². The summed E-state index contributed by atoms with van der Waals surface area (Å²) in [6.45, 7) is 11.8.